The first-order valence-electron chi connectivity index (χ1n) is 7.67. The molecule has 21 heavy (non-hydrogen) atoms. The van der Waals surface area contributed by atoms with Gasteiger partial charge in [-0.1, -0.05) is 0 Å². The number of H-pyrrole nitrogens is 1. The Morgan fingerprint density at radius 1 is 1.48 bits per heavy atom. The smallest absolute Gasteiger partial charge is 0.219 e. The van der Waals surface area contributed by atoms with Crippen molar-refractivity contribution in [1.29, 1.82) is 0 Å². The van der Waals surface area contributed by atoms with Gasteiger partial charge in [-0.05, 0) is 19.8 Å². The lowest BCUT2D eigenvalue weighted by molar-refractivity contribution is -0.145. The van der Waals surface area contributed by atoms with Crippen LogP contribution >= 0.6 is 0 Å². The van der Waals surface area contributed by atoms with E-state index >= 15 is 0 Å². The molecule has 3 heterocycles. The Morgan fingerprint density at radius 3 is 2.90 bits per heavy atom. The third-order valence-corrected chi connectivity index (χ3v) is 4.93. The number of hydrogen-bond acceptors (Lipinski definition) is 4. The SMILES string of the molecule is CC(=O)N1CC[C@]2(O)CCN(Cc3ncc(C)[nH]3)C[C@@H]2C1. The number of amides is 1. The zero-order chi connectivity index (χ0) is 15.0. The third-order valence-electron chi connectivity index (χ3n) is 4.93. The van der Waals surface area contributed by atoms with Gasteiger partial charge < -0.3 is 15.0 Å². The van der Waals surface area contributed by atoms with E-state index in [1.54, 1.807) is 6.92 Å². The highest BCUT2D eigenvalue weighted by Gasteiger charge is 2.45. The molecule has 0 aliphatic carbocycles. The van der Waals surface area contributed by atoms with Crippen molar-refractivity contribution in [2.45, 2.75) is 38.8 Å². The first-order chi connectivity index (χ1) is 9.96. The summed E-state index contributed by atoms with van der Waals surface area (Å²) in [5.41, 5.74) is 0.473. The van der Waals surface area contributed by atoms with E-state index in [-0.39, 0.29) is 11.8 Å². The average Bonchev–Trinajstić information content (AvgIpc) is 2.84. The lowest BCUT2D eigenvalue weighted by Gasteiger charge is -2.50. The zero-order valence-electron chi connectivity index (χ0n) is 12.8. The van der Waals surface area contributed by atoms with Crippen molar-refractivity contribution in [1.82, 2.24) is 19.8 Å². The number of nitrogens with one attached hydrogen (secondary N) is 1. The number of rotatable bonds is 2. The second-order valence-corrected chi connectivity index (χ2v) is 6.51. The van der Waals surface area contributed by atoms with E-state index in [2.05, 4.69) is 14.9 Å². The van der Waals surface area contributed by atoms with E-state index in [9.17, 15) is 9.90 Å². The van der Waals surface area contributed by atoms with E-state index in [0.717, 1.165) is 37.6 Å². The number of carbonyl (C=O) groups excluding carboxylic acids is 1. The van der Waals surface area contributed by atoms with Crippen molar-refractivity contribution in [3.05, 3.63) is 17.7 Å². The fourth-order valence-corrected chi connectivity index (χ4v) is 3.56. The Balaban J connectivity index is 1.65. The molecule has 6 heteroatoms. The Labute approximate surface area is 125 Å². The summed E-state index contributed by atoms with van der Waals surface area (Å²) in [7, 11) is 0. The molecule has 1 aromatic heterocycles. The number of aromatic amines is 1. The molecule has 0 bridgehead atoms. The summed E-state index contributed by atoms with van der Waals surface area (Å²) in [4.78, 5) is 23.4. The molecule has 2 saturated heterocycles. The lowest BCUT2D eigenvalue weighted by atomic mass is 9.75. The standard InChI is InChI=1S/C15H24N4O2/c1-11-7-16-14(17-11)10-18-5-3-15(21)4-6-19(12(2)20)9-13(15)8-18/h7,13,21H,3-6,8-10H2,1-2H3,(H,16,17)/t13-,15-/m1/s1. The molecule has 2 fully saturated rings. The van der Waals surface area contributed by atoms with Crippen LogP contribution in [-0.2, 0) is 11.3 Å². The van der Waals surface area contributed by atoms with Gasteiger partial charge in [0, 0.05) is 50.9 Å². The molecule has 0 unspecified atom stereocenters. The topological polar surface area (TPSA) is 72.5 Å². The maximum Gasteiger partial charge on any atom is 0.219 e. The average molecular weight is 292 g/mol. The van der Waals surface area contributed by atoms with Crippen LogP contribution < -0.4 is 0 Å². The van der Waals surface area contributed by atoms with Crippen LogP contribution in [0.2, 0.25) is 0 Å². The zero-order valence-corrected chi connectivity index (χ0v) is 12.8. The number of aromatic nitrogens is 2. The molecule has 1 aromatic rings. The van der Waals surface area contributed by atoms with Crippen LogP contribution in [0.15, 0.2) is 6.20 Å². The number of aliphatic hydroxyl groups is 1. The van der Waals surface area contributed by atoms with E-state index in [0.29, 0.717) is 19.5 Å². The monoisotopic (exact) mass is 292 g/mol. The number of likely N-dealkylation sites (tertiary alicyclic amines) is 2. The molecule has 2 atom stereocenters. The van der Waals surface area contributed by atoms with Crippen LogP contribution in [0, 0.1) is 12.8 Å². The minimum atomic E-state index is -0.596. The van der Waals surface area contributed by atoms with Crippen LogP contribution in [-0.4, -0.2) is 62.6 Å². The molecule has 3 rings (SSSR count). The molecular formula is C15H24N4O2. The second kappa shape index (κ2) is 5.42. The van der Waals surface area contributed by atoms with Gasteiger partial charge in [-0.3, -0.25) is 9.69 Å². The van der Waals surface area contributed by atoms with Gasteiger partial charge in [-0.25, -0.2) is 4.98 Å². The highest BCUT2D eigenvalue weighted by Crippen LogP contribution is 2.35. The number of hydrogen-bond donors (Lipinski definition) is 2. The Bertz CT molecular complexity index is 529. The van der Waals surface area contributed by atoms with Gasteiger partial charge in [-0.15, -0.1) is 0 Å². The molecule has 0 aromatic carbocycles. The molecule has 0 radical (unpaired) electrons. The normalized spacial score (nSPS) is 30.2. The summed E-state index contributed by atoms with van der Waals surface area (Å²) >= 11 is 0. The molecular weight excluding hydrogens is 268 g/mol. The first-order valence-corrected chi connectivity index (χ1v) is 7.67. The first kappa shape index (κ1) is 14.5. The number of piperidine rings is 2. The van der Waals surface area contributed by atoms with E-state index in [4.69, 9.17) is 0 Å². The number of imidazole rings is 1. The lowest BCUT2D eigenvalue weighted by Crippen LogP contribution is -2.60. The summed E-state index contributed by atoms with van der Waals surface area (Å²) in [6.07, 6.45) is 3.32. The number of fused-ring (bicyclic) bond motifs is 1. The summed E-state index contributed by atoms with van der Waals surface area (Å²) in [5, 5.41) is 10.8. The molecule has 2 aliphatic rings. The Kier molecular flexibility index (Phi) is 3.75. The van der Waals surface area contributed by atoms with Gasteiger partial charge in [0.2, 0.25) is 5.91 Å². The molecule has 0 saturated carbocycles. The van der Waals surface area contributed by atoms with Gasteiger partial charge in [0.15, 0.2) is 0 Å². The molecule has 2 aliphatic heterocycles. The molecule has 1 amide bonds. The number of carbonyl (C=O) groups is 1. The van der Waals surface area contributed by atoms with Crippen molar-refractivity contribution < 1.29 is 9.90 Å². The summed E-state index contributed by atoms with van der Waals surface area (Å²) in [6.45, 7) is 7.43. The predicted molar refractivity (Wildman–Crippen MR) is 78.5 cm³/mol. The van der Waals surface area contributed by atoms with Crippen LogP contribution in [0.25, 0.3) is 0 Å². The van der Waals surface area contributed by atoms with Gasteiger partial charge in [-0.2, -0.15) is 0 Å². The number of nitrogens with zero attached hydrogens (tertiary/aromatic N) is 3. The Hall–Kier alpha value is -1.40. The van der Waals surface area contributed by atoms with Crippen LogP contribution in [0.3, 0.4) is 0 Å². The molecule has 6 nitrogen and oxygen atoms in total. The Morgan fingerprint density at radius 2 is 2.24 bits per heavy atom. The van der Waals surface area contributed by atoms with Crippen molar-refractivity contribution >= 4 is 5.91 Å². The van der Waals surface area contributed by atoms with Crippen molar-refractivity contribution in [2.75, 3.05) is 26.2 Å². The van der Waals surface area contributed by atoms with Crippen molar-refractivity contribution in [2.24, 2.45) is 5.92 Å². The largest absolute Gasteiger partial charge is 0.389 e. The maximum atomic E-state index is 11.6. The fraction of sp³-hybridized carbons (Fsp3) is 0.733. The van der Waals surface area contributed by atoms with E-state index in [1.807, 2.05) is 18.0 Å². The van der Waals surface area contributed by atoms with Crippen molar-refractivity contribution in [3.8, 4) is 0 Å². The maximum absolute atomic E-state index is 11.6. The van der Waals surface area contributed by atoms with Gasteiger partial charge in [0.25, 0.3) is 0 Å². The minimum Gasteiger partial charge on any atom is -0.389 e. The quantitative estimate of drug-likeness (QED) is 0.834. The van der Waals surface area contributed by atoms with Gasteiger partial charge in [0.1, 0.15) is 5.82 Å². The predicted octanol–water partition coefficient (Wildman–Crippen LogP) is 0.523. The van der Waals surface area contributed by atoms with Gasteiger partial charge in [0.05, 0.1) is 12.1 Å². The second-order valence-electron chi connectivity index (χ2n) is 6.51. The summed E-state index contributed by atoms with van der Waals surface area (Å²) < 4.78 is 0. The van der Waals surface area contributed by atoms with Crippen LogP contribution in [0.4, 0.5) is 0 Å². The number of aryl methyl sites for hydroxylation is 1. The van der Waals surface area contributed by atoms with E-state index < -0.39 is 5.60 Å². The minimum absolute atomic E-state index is 0.107. The molecule has 0 spiro atoms. The fourth-order valence-electron chi connectivity index (χ4n) is 3.56. The molecule has 2 N–H and O–H groups in total. The summed E-state index contributed by atoms with van der Waals surface area (Å²) in [5.74, 6) is 1.22. The summed E-state index contributed by atoms with van der Waals surface area (Å²) in [6, 6.07) is 0. The molecule has 116 valence electrons. The van der Waals surface area contributed by atoms with Gasteiger partial charge >= 0.3 is 0 Å². The van der Waals surface area contributed by atoms with Crippen LogP contribution in [0.5, 0.6) is 0 Å². The third kappa shape index (κ3) is 2.96. The highest BCUT2D eigenvalue weighted by molar-refractivity contribution is 5.73. The van der Waals surface area contributed by atoms with E-state index in [1.165, 1.54) is 0 Å². The highest BCUT2D eigenvalue weighted by atomic mass is 16.3. The van der Waals surface area contributed by atoms with Crippen molar-refractivity contribution in [3.63, 3.8) is 0 Å². The van der Waals surface area contributed by atoms with Crippen LogP contribution in [0.1, 0.15) is 31.3 Å².